The highest BCUT2D eigenvalue weighted by molar-refractivity contribution is 5.39. The van der Waals surface area contributed by atoms with Crippen LogP contribution in [0.2, 0.25) is 0 Å². The Morgan fingerprint density at radius 3 is 2.62 bits per heavy atom. The van der Waals surface area contributed by atoms with Gasteiger partial charge in [0.15, 0.2) is 0 Å². The zero-order valence-corrected chi connectivity index (χ0v) is 14.2. The standard InChI is InChI=1S/C18H31N3/c1-5-18(4)9-11-21(12-10-18)17-8-6-7-16(20-17)14-19-13-15(2)3/h6-8,15,19H,5,9-14H2,1-4H3. The normalized spacial score (nSPS) is 18.2. The summed E-state index contributed by atoms with van der Waals surface area (Å²) in [6, 6.07) is 6.42. The third-order valence-electron chi connectivity index (χ3n) is 4.80. The summed E-state index contributed by atoms with van der Waals surface area (Å²) < 4.78 is 0. The van der Waals surface area contributed by atoms with Crippen molar-refractivity contribution in [2.45, 2.75) is 53.5 Å². The molecule has 0 amide bonds. The van der Waals surface area contributed by atoms with Crippen molar-refractivity contribution in [1.82, 2.24) is 10.3 Å². The lowest BCUT2D eigenvalue weighted by Crippen LogP contribution is -2.39. The summed E-state index contributed by atoms with van der Waals surface area (Å²) in [6.07, 6.45) is 3.84. The molecule has 0 radical (unpaired) electrons. The Bertz CT molecular complexity index is 434. The Kier molecular flexibility index (Phi) is 5.63. The minimum absolute atomic E-state index is 0.535. The zero-order valence-electron chi connectivity index (χ0n) is 14.2. The predicted molar refractivity (Wildman–Crippen MR) is 90.6 cm³/mol. The summed E-state index contributed by atoms with van der Waals surface area (Å²) in [5, 5.41) is 3.47. The van der Waals surface area contributed by atoms with Gasteiger partial charge in [-0.1, -0.05) is 40.2 Å². The second-order valence-electron chi connectivity index (χ2n) is 7.16. The van der Waals surface area contributed by atoms with Crippen LogP contribution in [0.15, 0.2) is 18.2 Å². The van der Waals surface area contributed by atoms with E-state index in [1.807, 2.05) is 0 Å². The molecule has 0 bridgehead atoms. The Labute approximate surface area is 130 Å². The third-order valence-corrected chi connectivity index (χ3v) is 4.80. The van der Waals surface area contributed by atoms with Crippen molar-refractivity contribution in [3.8, 4) is 0 Å². The van der Waals surface area contributed by atoms with E-state index in [2.05, 4.69) is 56.1 Å². The molecule has 1 aliphatic rings. The lowest BCUT2D eigenvalue weighted by molar-refractivity contribution is 0.238. The lowest BCUT2D eigenvalue weighted by atomic mass is 9.78. The van der Waals surface area contributed by atoms with Gasteiger partial charge in [0, 0.05) is 19.6 Å². The van der Waals surface area contributed by atoms with Crippen molar-refractivity contribution in [2.24, 2.45) is 11.3 Å². The molecule has 0 spiro atoms. The highest BCUT2D eigenvalue weighted by Crippen LogP contribution is 2.35. The van der Waals surface area contributed by atoms with Gasteiger partial charge >= 0.3 is 0 Å². The summed E-state index contributed by atoms with van der Waals surface area (Å²) >= 11 is 0. The summed E-state index contributed by atoms with van der Waals surface area (Å²) in [4.78, 5) is 7.28. The number of hydrogen-bond acceptors (Lipinski definition) is 3. The van der Waals surface area contributed by atoms with Crippen molar-refractivity contribution < 1.29 is 0 Å². The Morgan fingerprint density at radius 2 is 2.00 bits per heavy atom. The second-order valence-corrected chi connectivity index (χ2v) is 7.16. The number of hydrogen-bond donors (Lipinski definition) is 1. The van der Waals surface area contributed by atoms with Crippen LogP contribution in [0.4, 0.5) is 5.82 Å². The topological polar surface area (TPSA) is 28.2 Å². The average Bonchev–Trinajstić information content (AvgIpc) is 2.48. The van der Waals surface area contributed by atoms with Crippen LogP contribution in [-0.4, -0.2) is 24.6 Å². The van der Waals surface area contributed by atoms with Gasteiger partial charge in [0.05, 0.1) is 5.69 Å². The summed E-state index contributed by atoms with van der Waals surface area (Å²) in [5.41, 5.74) is 1.68. The molecule has 1 aliphatic heterocycles. The molecule has 0 aliphatic carbocycles. The van der Waals surface area contributed by atoms with Crippen molar-refractivity contribution in [1.29, 1.82) is 0 Å². The van der Waals surface area contributed by atoms with Gasteiger partial charge in [-0.2, -0.15) is 0 Å². The van der Waals surface area contributed by atoms with Gasteiger partial charge in [0.2, 0.25) is 0 Å². The molecule has 0 aromatic carbocycles. The van der Waals surface area contributed by atoms with Crippen LogP contribution in [0.25, 0.3) is 0 Å². The number of nitrogens with one attached hydrogen (secondary N) is 1. The molecule has 2 rings (SSSR count). The van der Waals surface area contributed by atoms with E-state index in [0.717, 1.165) is 37.7 Å². The molecule has 1 fully saturated rings. The molecule has 0 unspecified atom stereocenters. The Hall–Kier alpha value is -1.09. The number of piperidine rings is 1. The molecule has 3 nitrogen and oxygen atoms in total. The Morgan fingerprint density at radius 1 is 1.29 bits per heavy atom. The molecule has 0 atom stereocenters. The van der Waals surface area contributed by atoms with Crippen LogP contribution in [0.5, 0.6) is 0 Å². The summed E-state index contributed by atoms with van der Waals surface area (Å²) in [7, 11) is 0. The fraction of sp³-hybridized carbons (Fsp3) is 0.722. The molecule has 1 N–H and O–H groups in total. The van der Waals surface area contributed by atoms with Crippen LogP contribution in [0, 0.1) is 11.3 Å². The van der Waals surface area contributed by atoms with Crippen molar-refractivity contribution in [3.05, 3.63) is 23.9 Å². The van der Waals surface area contributed by atoms with Crippen LogP contribution in [-0.2, 0) is 6.54 Å². The van der Waals surface area contributed by atoms with E-state index in [-0.39, 0.29) is 0 Å². The number of pyridine rings is 1. The number of nitrogens with zero attached hydrogens (tertiary/aromatic N) is 2. The van der Waals surface area contributed by atoms with Gasteiger partial charge in [-0.05, 0) is 42.9 Å². The van der Waals surface area contributed by atoms with Gasteiger partial charge in [-0.15, -0.1) is 0 Å². The van der Waals surface area contributed by atoms with Crippen molar-refractivity contribution >= 4 is 5.82 Å². The van der Waals surface area contributed by atoms with Crippen LogP contribution < -0.4 is 10.2 Å². The van der Waals surface area contributed by atoms with Gasteiger partial charge in [-0.25, -0.2) is 4.98 Å². The van der Waals surface area contributed by atoms with Crippen LogP contribution >= 0.6 is 0 Å². The molecular formula is C18H31N3. The lowest BCUT2D eigenvalue weighted by Gasteiger charge is -2.39. The number of anilines is 1. The van der Waals surface area contributed by atoms with Crippen LogP contribution in [0.3, 0.4) is 0 Å². The fourth-order valence-electron chi connectivity index (χ4n) is 2.86. The van der Waals surface area contributed by atoms with Gasteiger partial charge < -0.3 is 10.2 Å². The minimum atomic E-state index is 0.535. The van der Waals surface area contributed by atoms with E-state index in [1.54, 1.807) is 0 Å². The summed E-state index contributed by atoms with van der Waals surface area (Å²) in [5.74, 6) is 1.83. The highest BCUT2D eigenvalue weighted by atomic mass is 15.2. The monoisotopic (exact) mass is 289 g/mol. The fourth-order valence-corrected chi connectivity index (χ4v) is 2.86. The maximum absolute atomic E-state index is 4.83. The molecule has 3 heteroatoms. The molecule has 1 aromatic heterocycles. The maximum atomic E-state index is 4.83. The predicted octanol–water partition coefficient (Wildman–Crippen LogP) is 3.84. The maximum Gasteiger partial charge on any atom is 0.128 e. The molecule has 21 heavy (non-hydrogen) atoms. The van der Waals surface area contributed by atoms with E-state index in [4.69, 9.17) is 4.98 Å². The largest absolute Gasteiger partial charge is 0.357 e. The second kappa shape index (κ2) is 7.26. The van der Waals surface area contributed by atoms with Gasteiger partial charge in [-0.3, -0.25) is 0 Å². The average molecular weight is 289 g/mol. The van der Waals surface area contributed by atoms with Gasteiger partial charge in [0.1, 0.15) is 5.82 Å². The molecule has 0 saturated carbocycles. The SMILES string of the molecule is CCC1(C)CCN(c2cccc(CNCC(C)C)n2)CC1. The van der Waals surface area contributed by atoms with Crippen molar-refractivity contribution in [3.63, 3.8) is 0 Å². The summed E-state index contributed by atoms with van der Waals surface area (Å²) in [6.45, 7) is 13.4. The van der Waals surface area contributed by atoms with Crippen molar-refractivity contribution in [2.75, 3.05) is 24.5 Å². The first kappa shape index (κ1) is 16.3. The highest BCUT2D eigenvalue weighted by Gasteiger charge is 2.28. The van der Waals surface area contributed by atoms with Crippen LogP contribution in [0.1, 0.15) is 52.7 Å². The molecule has 2 heterocycles. The molecule has 1 saturated heterocycles. The van der Waals surface area contributed by atoms with E-state index in [9.17, 15) is 0 Å². The first-order valence-corrected chi connectivity index (χ1v) is 8.44. The molecule has 1 aromatic rings. The Balaban J connectivity index is 1.92. The smallest absolute Gasteiger partial charge is 0.128 e. The number of aromatic nitrogens is 1. The molecule has 118 valence electrons. The quantitative estimate of drug-likeness (QED) is 0.862. The van der Waals surface area contributed by atoms with E-state index >= 15 is 0 Å². The van der Waals surface area contributed by atoms with Gasteiger partial charge in [0.25, 0.3) is 0 Å². The molecular weight excluding hydrogens is 258 g/mol. The van der Waals surface area contributed by atoms with E-state index < -0.39 is 0 Å². The zero-order chi connectivity index (χ0) is 15.3. The third kappa shape index (κ3) is 4.70. The van der Waals surface area contributed by atoms with E-state index in [0.29, 0.717) is 11.3 Å². The number of rotatable bonds is 6. The minimum Gasteiger partial charge on any atom is -0.357 e. The first-order chi connectivity index (χ1) is 10.0. The first-order valence-electron chi connectivity index (χ1n) is 8.44. The van der Waals surface area contributed by atoms with E-state index in [1.165, 1.54) is 19.3 Å².